The Labute approximate surface area is 226 Å². The minimum Gasteiger partial charge on any atom is -0.463 e. The van der Waals surface area contributed by atoms with E-state index in [0.29, 0.717) is 13.2 Å². The summed E-state index contributed by atoms with van der Waals surface area (Å²) in [5.41, 5.74) is 4.38. The average molecular weight is 566 g/mol. The summed E-state index contributed by atoms with van der Waals surface area (Å²) in [4.78, 5) is 14.0. The van der Waals surface area contributed by atoms with E-state index in [9.17, 15) is 4.79 Å². The van der Waals surface area contributed by atoms with E-state index in [0.717, 1.165) is 33.4 Å². The third kappa shape index (κ3) is 6.07. The minimum atomic E-state index is -0.482. The van der Waals surface area contributed by atoms with E-state index >= 15 is 0 Å². The summed E-state index contributed by atoms with van der Waals surface area (Å²) >= 11 is 3.63. The molecule has 2 aliphatic heterocycles. The molecular weight excluding hydrogens is 534 g/mol. The number of ether oxygens (including phenoxy) is 4. The molecule has 0 spiro atoms. The van der Waals surface area contributed by atoms with Crippen molar-refractivity contribution in [3.05, 3.63) is 100 Å². The predicted octanol–water partition coefficient (Wildman–Crippen LogP) is 5.69. The van der Waals surface area contributed by atoms with Crippen molar-refractivity contribution in [2.45, 2.75) is 44.6 Å². The Kier molecular flexibility index (Phi) is 8.25. The van der Waals surface area contributed by atoms with Gasteiger partial charge in [0.1, 0.15) is 18.8 Å². The number of esters is 1. The molecule has 2 heterocycles. The number of carbonyl (C=O) groups excluding carboxylic acids is 1. The zero-order valence-electron chi connectivity index (χ0n) is 21.1. The van der Waals surface area contributed by atoms with Gasteiger partial charge in [0.05, 0.1) is 25.4 Å². The fourth-order valence-corrected chi connectivity index (χ4v) is 5.68. The van der Waals surface area contributed by atoms with Crippen LogP contribution in [0.3, 0.4) is 0 Å². The van der Waals surface area contributed by atoms with E-state index in [4.69, 9.17) is 18.9 Å². The Bertz CT molecular complexity index is 1190. The summed E-state index contributed by atoms with van der Waals surface area (Å²) in [6.07, 6.45) is -1.41. The minimum absolute atomic E-state index is 0.0184. The Balaban J connectivity index is 1.49. The maximum atomic E-state index is 11.8. The molecule has 1 saturated heterocycles. The first-order valence-electron chi connectivity index (χ1n) is 12.6. The summed E-state index contributed by atoms with van der Waals surface area (Å²) in [6.45, 7) is 3.13. The fraction of sp³-hybridized carbons (Fsp3) is 0.367. The molecule has 0 N–H and O–H groups in total. The van der Waals surface area contributed by atoms with Gasteiger partial charge in [-0.1, -0.05) is 76.6 Å². The molecule has 0 aliphatic carbocycles. The fourth-order valence-electron chi connectivity index (χ4n) is 5.30. The van der Waals surface area contributed by atoms with Crippen molar-refractivity contribution in [1.29, 1.82) is 0 Å². The van der Waals surface area contributed by atoms with Crippen molar-refractivity contribution < 1.29 is 23.7 Å². The quantitative estimate of drug-likeness (QED) is 0.327. The number of nitrogens with zero attached hydrogens (tertiary/aromatic N) is 1. The zero-order chi connectivity index (χ0) is 25.8. The number of carbonyl (C=O) groups is 1. The van der Waals surface area contributed by atoms with Crippen LogP contribution in [-0.2, 0) is 37.0 Å². The largest absolute Gasteiger partial charge is 0.463 e. The second-order valence-electron chi connectivity index (χ2n) is 9.67. The summed E-state index contributed by atoms with van der Waals surface area (Å²) in [6, 6.07) is 26.5. The van der Waals surface area contributed by atoms with Gasteiger partial charge in [0, 0.05) is 42.2 Å². The van der Waals surface area contributed by atoms with Gasteiger partial charge in [0.2, 0.25) is 0 Å². The first-order chi connectivity index (χ1) is 18.0. The van der Waals surface area contributed by atoms with Gasteiger partial charge < -0.3 is 23.8 Å². The SMILES string of the molecule is CC(=O)OC[C@H]1O[C@@H]2c3cc(Br)ccc3N(C)C[C@@H]2[C@@H](OCc2ccccc2)[C@@H]1OCc1ccccc1. The number of halogens is 1. The molecule has 2 aliphatic rings. The first kappa shape index (κ1) is 25.9. The molecule has 3 aromatic rings. The molecular formula is C30H32BrNO5. The van der Waals surface area contributed by atoms with Crippen LogP contribution in [0.25, 0.3) is 0 Å². The van der Waals surface area contributed by atoms with Crippen LogP contribution in [0.15, 0.2) is 83.3 Å². The molecule has 0 aromatic heterocycles. The van der Waals surface area contributed by atoms with Crippen LogP contribution in [-0.4, -0.2) is 44.5 Å². The molecule has 5 rings (SSSR count). The van der Waals surface area contributed by atoms with Gasteiger partial charge in [-0.3, -0.25) is 4.79 Å². The summed E-state index contributed by atoms with van der Waals surface area (Å²) in [5.74, 6) is -0.328. The van der Waals surface area contributed by atoms with E-state index in [1.165, 1.54) is 6.92 Å². The monoisotopic (exact) mass is 565 g/mol. The van der Waals surface area contributed by atoms with E-state index in [1.54, 1.807) is 0 Å². The van der Waals surface area contributed by atoms with Crippen molar-refractivity contribution in [3.63, 3.8) is 0 Å². The van der Waals surface area contributed by atoms with E-state index in [1.807, 2.05) is 54.6 Å². The second kappa shape index (κ2) is 11.8. The number of fused-ring (bicyclic) bond motifs is 3. The van der Waals surface area contributed by atoms with Crippen LogP contribution in [0, 0.1) is 5.92 Å². The van der Waals surface area contributed by atoms with E-state index < -0.39 is 12.2 Å². The molecule has 0 unspecified atom stereocenters. The van der Waals surface area contributed by atoms with Gasteiger partial charge in [0.15, 0.2) is 0 Å². The molecule has 194 valence electrons. The number of hydrogen-bond acceptors (Lipinski definition) is 6. The van der Waals surface area contributed by atoms with Gasteiger partial charge in [-0.25, -0.2) is 0 Å². The lowest BCUT2D eigenvalue weighted by atomic mass is 9.80. The highest BCUT2D eigenvalue weighted by molar-refractivity contribution is 9.10. The smallest absolute Gasteiger partial charge is 0.302 e. The molecule has 7 heteroatoms. The Morgan fingerprint density at radius 3 is 2.19 bits per heavy atom. The molecule has 3 aromatic carbocycles. The second-order valence-corrected chi connectivity index (χ2v) is 10.6. The van der Waals surface area contributed by atoms with Crippen molar-refractivity contribution in [3.8, 4) is 0 Å². The lowest BCUT2D eigenvalue weighted by Gasteiger charge is -2.50. The molecule has 37 heavy (non-hydrogen) atoms. The molecule has 6 nitrogen and oxygen atoms in total. The molecule has 0 saturated carbocycles. The molecule has 0 amide bonds. The highest BCUT2D eigenvalue weighted by atomic mass is 79.9. The normalized spacial score (nSPS) is 24.7. The predicted molar refractivity (Wildman–Crippen MR) is 145 cm³/mol. The van der Waals surface area contributed by atoms with E-state index in [2.05, 4.69) is 52.1 Å². The van der Waals surface area contributed by atoms with Gasteiger partial charge in [-0.2, -0.15) is 0 Å². The number of anilines is 1. The van der Waals surface area contributed by atoms with Crippen LogP contribution in [0.4, 0.5) is 5.69 Å². The summed E-state index contributed by atoms with van der Waals surface area (Å²) in [5, 5.41) is 0. The number of benzene rings is 3. The van der Waals surface area contributed by atoms with Crippen LogP contribution in [0.1, 0.15) is 29.7 Å². The highest BCUT2D eigenvalue weighted by Crippen LogP contribution is 2.47. The lowest BCUT2D eigenvalue weighted by Crippen LogP contribution is -2.58. The highest BCUT2D eigenvalue weighted by Gasteiger charge is 2.51. The van der Waals surface area contributed by atoms with Crippen LogP contribution < -0.4 is 4.90 Å². The Hall–Kier alpha value is -2.71. The third-order valence-corrected chi connectivity index (χ3v) is 7.53. The van der Waals surface area contributed by atoms with Crippen LogP contribution >= 0.6 is 15.9 Å². The summed E-state index contributed by atoms with van der Waals surface area (Å²) in [7, 11) is 2.10. The zero-order valence-corrected chi connectivity index (χ0v) is 22.7. The first-order valence-corrected chi connectivity index (χ1v) is 13.4. The standard InChI is InChI=1S/C30H32BrNO5/c1-20(33)34-19-27-30(36-18-22-11-7-4-8-12-22)29(35-17-21-9-5-3-6-10-21)25-16-32(2)26-14-13-23(31)15-24(26)28(25)37-27/h3-15,25,27-30H,16-19H2,1-2H3/t25-,27+,28+,29+,30+/m0/s1. The lowest BCUT2D eigenvalue weighted by molar-refractivity contribution is -0.245. The number of hydrogen-bond donors (Lipinski definition) is 0. The van der Waals surface area contributed by atoms with Crippen molar-refractivity contribution in [2.24, 2.45) is 5.92 Å². The maximum Gasteiger partial charge on any atom is 0.302 e. The van der Waals surface area contributed by atoms with Gasteiger partial charge in [0.25, 0.3) is 0 Å². The average Bonchev–Trinajstić information content (AvgIpc) is 2.91. The molecule has 0 radical (unpaired) electrons. The molecule has 0 bridgehead atoms. The maximum absolute atomic E-state index is 11.8. The summed E-state index contributed by atoms with van der Waals surface area (Å²) < 4.78 is 26.4. The van der Waals surface area contributed by atoms with Crippen LogP contribution in [0.2, 0.25) is 0 Å². The Morgan fingerprint density at radius 2 is 1.57 bits per heavy atom. The van der Waals surface area contributed by atoms with Gasteiger partial charge in [-0.15, -0.1) is 0 Å². The Morgan fingerprint density at radius 1 is 0.946 bits per heavy atom. The van der Waals surface area contributed by atoms with Gasteiger partial charge >= 0.3 is 5.97 Å². The van der Waals surface area contributed by atoms with E-state index in [-0.39, 0.29) is 30.7 Å². The molecule has 5 atom stereocenters. The van der Waals surface area contributed by atoms with Crippen molar-refractivity contribution in [1.82, 2.24) is 0 Å². The molecule has 1 fully saturated rings. The number of rotatable bonds is 8. The topological polar surface area (TPSA) is 57.2 Å². The van der Waals surface area contributed by atoms with Crippen molar-refractivity contribution >= 4 is 27.6 Å². The van der Waals surface area contributed by atoms with Gasteiger partial charge in [-0.05, 0) is 29.3 Å². The third-order valence-electron chi connectivity index (χ3n) is 7.04. The van der Waals surface area contributed by atoms with Crippen LogP contribution in [0.5, 0.6) is 0 Å². The van der Waals surface area contributed by atoms with Crippen molar-refractivity contribution in [2.75, 3.05) is 25.1 Å².